The Morgan fingerprint density at radius 3 is 2.20 bits per heavy atom. The van der Waals surface area contributed by atoms with E-state index in [0.717, 1.165) is 5.56 Å². The van der Waals surface area contributed by atoms with E-state index in [1.165, 1.54) is 11.1 Å². The Hall–Kier alpha value is -0.730. The van der Waals surface area contributed by atoms with Crippen molar-refractivity contribution in [3.05, 3.63) is 68.2 Å². The van der Waals surface area contributed by atoms with Crippen molar-refractivity contribution in [3.63, 3.8) is 0 Å². The highest BCUT2D eigenvalue weighted by Gasteiger charge is 2.11. The summed E-state index contributed by atoms with van der Waals surface area (Å²) in [5, 5.41) is 5.08. The predicted octanol–water partition coefficient (Wildman–Crippen LogP) is 5.81. The van der Waals surface area contributed by atoms with Crippen LogP contribution in [0.15, 0.2) is 36.4 Å². The first-order valence-corrected chi connectivity index (χ1v) is 7.54. The largest absolute Gasteiger partial charge is 0.306 e. The third-order valence-corrected chi connectivity index (χ3v) is 4.50. The van der Waals surface area contributed by atoms with Crippen LogP contribution in [0.5, 0.6) is 0 Å². The summed E-state index contributed by atoms with van der Waals surface area (Å²) in [6.45, 7) is 4.76. The van der Waals surface area contributed by atoms with Crippen LogP contribution < -0.4 is 5.32 Å². The zero-order valence-electron chi connectivity index (χ0n) is 11.4. The summed E-state index contributed by atoms with van der Waals surface area (Å²) in [4.78, 5) is 0. The molecule has 20 heavy (non-hydrogen) atoms. The molecule has 2 rings (SSSR count). The molecule has 0 heterocycles. The third kappa shape index (κ3) is 3.67. The molecule has 2 aromatic rings. The van der Waals surface area contributed by atoms with E-state index in [1.54, 1.807) is 12.1 Å². The standard InChI is InChI=1S/C16H16Cl3N/c1-10-3-5-12(6-4-10)11(2)20-9-13-14(17)7-8-15(18)16(13)19/h3-8,11,20H,9H2,1-2H3. The molecule has 0 saturated heterocycles. The summed E-state index contributed by atoms with van der Waals surface area (Å²) < 4.78 is 0. The topological polar surface area (TPSA) is 12.0 Å². The molecule has 0 saturated carbocycles. The number of benzene rings is 2. The Balaban J connectivity index is 2.09. The zero-order chi connectivity index (χ0) is 14.7. The molecule has 0 aromatic heterocycles. The molecule has 0 bridgehead atoms. The lowest BCUT2D eigenvalue weighted by Crippen LogP contribution is -2.18. The van der Waals surface area contributed by atoms with Crippen molar-refractivity contribution in [3.8, 4) is 0 Å². The minimum absolute atomic E-state index is 0.210. The van der Waals surface area contributed by atoms with Crippen molar-refractivity contribution in [2.24, 2.45) is 0 Å². The summed E-state index contributed by atoms with van der Waals surface area (Å²) in [5.41, 5.74) is 3.31. The van der Waals surface area contributed by atoms with Crippen LogP contribution in [0, 0.1) is 6.92 Å². The van der Waals surface area contributed by atoms with Crippen molar-refractivity contribution in [1.82, 2.24) is 5.32 Å². The molecule has 0 fully saturated rings. The molecule has 1 unspecified atom stereocenters. The van der Waals surface area contributed by atoms with Crippen LogP contribution in [0.4, 0.5) is 0 Å². The average Bonchev–Trinajstić information content (AvgIpc) is 2.43. The third-order valence-electron chi connectivity index (χ3n) is 3.30. The van der Waals surface area contributed by atoms with Gasteiger partial charge in [-0.15, -0.1) is 0 Å². The van der Waals surface area contributed by atoms with Crippen molar-refractivity contribution < 1.29 is 0 Å². The van der Waals surface area contributed by atoms with E-state index in [-0.39, 0.29) is 6.04 Å². The SMILES string of the molecule is Cc1ccc(C(C)NCc2c(Cl)ccc(Cl)c2Cl)cc1. The minimum Gasteiger partial charge on any atom is -0.306 e. The second-order valence-corrected chi connectivity index (χ2v) is 6.03. The first kappa shape index (κ1) is 15.7. The molecule has 1 nitrogen and oxygen atoms in total. The summed E-state index contributed by atoms with van der Waals surface area (Å²) in [6.07, 6.45) is 0. The number of aryl methyl sites for hydroxylation is 1. The first-order valence-electron chi connectivity index (χ1n) is 6.41. The maximum atomic E-state index is 6.19. The van der Waals surface area contributed by atoms with Crippen LogP contribution in [0.2, 0.25) is 15.1 Å². The van der Waals surface area contributed by atoms with E-state index in [2.05, 4.69) is 43.4 Å². The fraction of sp³-hybridized carbons (Fsp3) is 0.250. The van der Waals surface area contributed by atoms with Crippen LogP contribution in [0.25, 0.3) is 0 Å². The lowest BCUT2D eigenvalue weighted by Gasteiger charge is -2.16. The van der Waals surface area contributed by atoms with Gasteiger partial charge < -0.3 is 5.32 Å². The van der Waals surface area contributed by atoms with Gasteiger partial charge in [-0.1, -0.05) is 64.6 Å². The Bertz CT molecular complexity index is 593. The molecule has 0 aliphatic heterocycles. The van der Waals surface area contributed by atoms with E-state index in [4.69, 9.17) is 34.8 Å². The number of rotatable bonds is 4. The highest BCUT2D eigenvalue weighted by molar-refractivity contribution is 6.44. The molecular formula is C16H16Cl3N. The highest BCUT2D eigenvalue weighted by atomic mass is 35.5. The van der Waals surface area contributed by atoms with Crippen LogP contribution in [0.1, 0.15) is 29.7 Å². The molecular weight excluding hydrogens is 313 g/mol. The van der Waals surface area contributed by atoms with E-state index in [0.29, 0.717) is 21.6 Å². The van der Waals surface area contributed by atoms with E-state index in [9.17, 15) is 0 Å². The lowest BCUT2D eigenvalue weighted by molar-refractivity contribution is 0.575. The van der Waals surface area contributed by atoms with Gasteiger partial charge in [-0.2, -0.15) is 0 Å². The molecule has 0 aliphatic rings. The number of hydrogen-bond acceptors (Lipinski definition) is 1. The summed E-state index contributed by atoms with van der Waals surface area (Å²) in [6, 6.07) is 12.1. The van der Waals surface area contributed by atoms with Gasteiger partial charge >= 0.3 is 0 Å². The van der Waals surface area contributed by atoms with E-state index < -0.39 is 0 Å². The second kappa shape index (κ2) is 6.82. The Kier molecular flexibility index (Phi) is 5.34. The van der Waals surface area contributed by atoms with Crippen LogP contribution >= 0.6 is 34.8 Å². The molecule has 0 amide bonds. The van der Waals surface area contributed by atoms with Crippen molar-refractivity contribution in [1.29, 1.82) is 0 Å². The number of halogens is 3. The van der Waals surface area contributed by atoms with Gasteiger partial charge in [0.05, 0.1) is 10.0 Å². The maximum absolute atomic E-state index is 6.19. The van der Waals surface area contributed by atoms with Crippen molar-refractivity contribution in [2.75, 3.05) is 0 Å². The van der Waals surface area contributed by atoms with E-state index >= 15 is 0 Å². The maximum Gasteiger partial charge on any atom is 0.0652 e. The van der Waals surface area contributed by atoms with Gasteiger partial charge in [0.15, 0.2) is 0 Å². The van der Waals surface area contributed by atoms with Crippen molar-refractivity contribution in [2.45, 2.75) is 26.4 Å². The molecule has 0 radical (unpaired) electrons. The first-order chi connectivity index (χ1) is 9.49. The highest BCUT2D eigenvalue weighted by Crippen LogP contribution is 2.31. The Labute approximate surface area is 134 Å². The van der Waals surface area contributed by atoms with Crippen molar-refractivity contribution >= 4 is 34.8 Å². The van der Waals surface area contributed by atoms with Gasteiger partial charge in [0.25, 0.3) is 0 Å². The molecule has 1 N–H and O–H groups in total. The summed E-state index contributed by atoms with van der Waals surface area (Å²) in [5.74, 6) is 0. The fourth-order valence-electron chi connectivity index (χ4n) is 1.96. The van der Waals surface area contributed by atoms with Gasteiger partial charge in [0, 0.05) is 23.2 Å². The molecule has 1 atom stereocenters. The number of nitrogens with one attached hydrogen (secondary N) is 1. The van der Waals surface area contributed by atoms with Gasteiger partial charge in [-0.3, -0.25) is 0 Å². The predicted molar refractivity (Wildman–Crippen MR) is 87.9 cm³/mol. The Morgan fingerprint density at radius 2 is 1.55 bits per heavy atom. The molecule has 106 valence electrons. The Morgan fingerprint density at radius 1 is 0.950 bits per heavy atom. The van der Waals surface area contributed by atoms with Crippen LogP contribution in [0.3, 0.4) is 0 Å². The summed E-state index contributed by atoms with van der Waals surface area (Å²) in [7, 11) is 0. The molecule has 0 spiro atoms. The summed E-state index contributed by atoms with van der Waals surface area (Å²) >= 11 is 18.4. The fourth-order valence-corrected chi connectivity index (χ4v) is 2.64. The van der Waals surface area contributed by atoms with Gasteiger partial charge in [-0.05, 0) is 31.5 Å². The van der Waals surface area contributed by atoms with Gasteiger partial charge in [-0.25, -0.2) is 0 Å². The second-order valence-electron chi connectivity index (χ2n) is 4.84. The monoisotopic (exact) mass is 327 g/mol. The van der Waals surface area contributed by atoms with Crippen LogP contribution in [-0.4, -0.2) is 0 Å². The number of hydrogen-bond donors (Lipinski definition) is 1. The molecule has 2 aromatic carbocycles. The average molecular weight is 329 g/mol. The quantitative estimate of drug-likeness (QED) is 0.699. The minimum atomic E-state index is 0.210. The lowest BCUT2D eigenvalue weighted by atomic mass is 10.1. The van der Waals surface area contributed by atoms with Gasteiger partial charge in [0.1, 0.15) is 0 Å². The zero-order valence-corrected chi connectivity index (χ0v) is 13.7. The normalized spacial score (nSPS) is 12.4. The van der Waals surface area contributed by atoms with E-state index in [1.807, 2.05) is 0 Å². The smallest absolute Gasteiger partial charge is 0.0652 e. The van der Waals surface area contributed by atoms with Gasteiger partial charge in [0.2, 0.25) is 0 Å². The molecule has 4 heteroatoms. The van der Waals surface area contributed by atoms with Crippen LogP contribution in [-0.2, 0) is 6.54 Å². The molecule has 0 aliphatic carbocycles.